The summed E-state index contributed by atoms with van der Waals surface area (Å²) in [7, 11) is 1.56. The minimum absolute atomic E-state index is 0.435. The molecular formula is C12H20N4OS. The van der Waals surface area contributed by atoms with Crippen molar-refractivity contribution in [2.75, 3.05) is 23.9 Å². The Kier molecular flexibility index (Phi) is 4.52. The van der Waals surface area contributed by atoms with Gasteiger partial charge in [0.2, 0.25) is 5.88 Å². The van der Waals surface area contributed by atoms with Crippen molar-refractivity contribution in [2.45, 2.75) is 37.5 Å². The van der Waals surface area contributed by atoms with Crippen LogP contribution >= 0.6 is 11.8 Å². The molecule has 1 aromatic rings. The highest BCUT2D eigenvalue weighted by Crippen LogP contribution is 2.33. The zero-order valence-corrected chi connectivity index (χ0v) is 11.7. The van der Waals surface area contributed by atoms with Crippen LogP contribution < -0.4 is 15.8 Å². The highest BCUT2D eigenvalue weighted by molar-refractivity contribution is 7.99. The summed E-state index contributed by atoms with van der Waals surface area (Å²) in [5, 5.41) is 4.09. The summed E-state index contributed by atoms with van der Waals surface area (Å²) in [5.74, 6) is 2.27. The van der Waals surface area contributed by atoms with Gasteiger partial charge in [-0.05, 0) is 18.6 Å². The minimum Gasteiger partial charge on any atom is -0.479 e. The maximum Gasteiger partial charge on any atom is 0.242 e. The average Bonchev–Trinajstić information content (AvgIpc) is 2.80. The number of nitrogens with zero attached hydrogens (tertiary/aromatic N) is 2. The monoisotopic (exact) mass is 268 g/mol. The van der Waals surface area contributed by atoms with Crippen molar-refractivity contribution < 1.29 is 4.74 Å². The van der Waals surface area contributed by atoms with E-state index in [4.69, 9.17) is 10.5 Å². The fourth-order valence-electron chi connectivity index (χ4n) is 2.34. The van der Waals surface area contributed by atoms with E-state index in [9.17, 15) is 0 Å². The van der Waals surface area contributed by atoms with Gasteiger partial charge in [0.05, 0.1) is 7.11 Å². The Labute approximate surface area is 112 Å². The Morgan fingerprint density at radius 3 is 3.06 bits per heavy atom. The molecule has 5 nitrogen and oxygen atoms in total. The number of aromatic nitrogens is 2. The molecule has 0 spiro atoms. The van der Waals surface area contributed by atoms with Crippen LogP contribution in [-0.4, -0.2) is 34.1 Å². The van der Waals surface area contributed by atoms with Gasteiger partial charge in [0.1, 0.15) is 12.0 Å². The van der Waals surface area contributed by atoms with E-state index >= 15 is 0 Å². The zero-order valence-electron chi connectivity index (χ0n) is 10.8. The smallest absolute Gasteiger partial charge is 0.242 e. The first-order chi connectivity index (χ1) is 8.76. The van der Waals surface area contributed by atoms with E-state index in [0.717, 1.165) is 5.75 Å². The van der Waals surface area contributed by atoms with E-state index in [0.29, 0.717) is 28.7 Å². The van der Waals surface area contributed by atoms with Gasteiger partial charge < -0.3 is 15.8 Å². The molecule has 0 saturated heterocycles. The molecule has 0 radical (unpaired) electrons. The first-order valence-corrected chi connectivity index (χ1v) is 7.33. The predicted molar refractivity (Wildman–Crippen MR) is 76.2 cm³/mol. The molecule has 1 fully saturated rings. The van der Waals surface area contributed by atoms with Crippen LogP contribution in [0.25, 0.3) is 0 Å². The molecule has 2 unspecified atom stereocenters. The molecule has 0 aliphatic heterocycles. The molecule has 0 bridgehead atoms. The number of nitrogens with one attached hydrogen (secondary N) is 1. The molecule has 100 valence electrons. The Morgan fingerprint density at radius 2 is 2.33 bits per heavy atom. The maximum absolute atomic E-state index is 5.97. The molecule has 1 aromatic heterocycles. The van der Waals surface area contributed by atoms with Gasteiger partial charge in [0.25, 0.3) is 0 Å². The third-order valence-electron chi connectivity index (χ3n) is 3.20. The van der Waals surface area contributed by atoms with Crippen molar-refractivity contribution in [3.63, 3.8) is 0 Å². The second-order valence-electron chi connectivity index (χ2n) is 4.32. The first kappa shape index (κ1) is 13.3. The number of nitrogen functional groups attached to an aromatic ring is 1. The largest absolute Gasteiger partial charge is 0.479 e. The van der Waals surface area contributed by atoms with Crippen LogP contribution in [-0.2, 0) is 0 Å². The molecule has 1 aliphatic rings. The molecule has 0 amide bonds. The summed E-state index contributed by atoms with van der Waals surface area (Å²) < 4.78 is 5.10. The molecular weight excluding hydrogens is 248 g/mol. The molecule has 2 rings (SSSR count). The highest BCUT2D eigenvalue weighted by Gasteiger charge is 2.28. The van der Waals surface area contributed by atoms with Crippen LogP contribution in [0, 0.1) is 0 Å². The Morgan fingerprint density at radius 1 is 1.50 bits per heavy atom. The van der Waals surface area contributed by atoms with Crippen LogP contribution in [0.2, 0.25) is 0 Å². The summed E-state index contributed by atoms with van der Waals surface area (Å²) >= 11 is 2.00. The Hall–Kier alpha value is -1.17. The lowest BCUT2D eigenvalue weighted by Gasteiger charge is -2.21. The van der Waals surface area contributed by atoms with Gasteiger partial charge >= 0.3 is 0 Å². The summed E-state index contributed by atoms with van der Waals surface area (Å²) in [4.78, 5) is 8.19. The Balaban J connectivity index is 2.09. The molecule has 1 heterocycles. The Bertz CT molecular complexity index is 402. The third-order valence-corrected chi connectivity index (χ3v) is 4.52. The normalized spacial score (nSPS) is 23.0. The fourth-order valence-corrected chi connectivity index (χ4v) is 3.54. The zero-order chi connectivity index (χ0) is 13.0. The second kappa shape index (κ2) is 6.13. The lowest BCUT2D eigenvalue weighted by atomic mass is 10.2. The number of anilines is 2. The van der Waals surface area contributed by atoms with Crippen molar-refractivity contribution in [3.8, 4) is 5.88 Å². The molecule has 0 aromatic carbocycles. The number of thioether (sulfide) groups is 1. The van der Waals surface area contributed by atoms with E-state index in [1.807, 2.05) is 11.8 Å². The van der Waals surface area contributed by atoms with Crippen molar-refractivity contribution in [2.24, 2.45) is 0 Å². The molecule has 2 atom stereocenters. The van der Waals surface area contributed by atoms with Gasteiger partial charge in [-0.1, -0.05) is 13.3 Å². The molecule has 1 saturated carbocycles. The number of methoxy groups -OCH3 is 1. The van der Waals surface area contributed by atoms with E-state index in [2.05, 4.69) is 22.2 Å². The van der Waals surface area contributed by atoms with Gasteiger partial charge in [0, 0.05) is 11.3 Å². The number of nitrogens with two attached hydrogens (primary N) is 1. The van der Waals surface area contributed by atoms with Gasteiger partial charge in [-0.25, -0.2) is 4.98 Å². The van der Waals surface area contributed by atoms with Crippen LogP contribution in [0.4, 0.5) is 11.5 Å². The van der Waals surface area contributed by atoms with E-state index in [1.165, 1.54) is 25.6 Å². The van der Waals surface area contributed by atoms with Gasteiger partial charge in [-0.2, -0.15) is 16.7 Å². The lowest BCUT2D eigenvalue weighted by molar-refractivity contribution is 0.399. The van der Waals surface area contributed by atoms with Crippen LogP contribution in [0.15, 0.2) is 6.33 Å². The summed E-state index contributed by atoms with van der Waals surface area (Å²) in [5.41, 5.74) is 6.46. The lowest BCUT2D eigenvalue weighted by Crippen LogP contribution is -2.27. The van der Waals surface area contributed by atoms with Gasteiger partial charge in [0.15, 0.2) is 5.82 Å². The molecule has 1 aliphatic carbocycles. The van der Waals surface area contributed by atoms with Crippen LogP contribution in [0.5, 0.6) is 5.88 Å². The molecule has 18 heavy (non-hydrogen) atoms. The summed E-state index contributed by atoms with van der Waals surface area (Å²) in [6.45, 7) is 2.20. The topological polar surface area (TPSA) is 73.1 Å². The standard InChI is InChI=1S/C12H20N4OS/c1-3-18-9-6-4-5-8(9)16-11-10(13)12(17-2)15-7-14-11/h7-9H,3-6,13H2,1-2H3,(H,14,15,16). The number of ether oxygens (including phenoxy) is 1. The van der Waals surface area contributed by atoms with E-state index in [-0.39, 0.29) is 0 Å². The van der Waals surface area contributed by atoms with Crippen LogP contribution in [0.3, 0.4) is 0 Å². The van der Waals surface area contributed by atoms with E-state index in [1.54, 1.807) is 7.11 Å². The quantitative estimate of drug-likeness (QED) is 0.852. The molecule has 3 N–H and O–H groups in total. The minimum atomic E-state index is 0.435. The number of hydrogen-bond donors (Lipinski definition) is 2. The van der Waals surface area contributed by atoms with Crippen molar-refractivity contribution in [1.29, 1.82) is 0 Å². The predicted octanol–water partition coefficient (Wildman–Crippen LogP) is 2.15. The molecule has 6 heteroatoms. The first-order valence-electron chi connectivity index (χ1n) is 6.28. The van der Waals surface area contributed by atoms with Crippen molar-refractivity contribution in [1.82, 2.24) is 9.97 Å². The maximum atomic E-state index is 5.97. The fraction of sp³-hybridized carbons (Fsp3) is 0.667. The van der Waals surface area contributed by atoms with Crippen LogP contribution in [0.1, 0.15) is 26.2 Å². The SMILES string of the molecule is CCSC1CCCC1Nc1ncnc(OC)c1N. The van der Waals surface area contributed by atoms with E-state index < -0.39 is 0 Å². The van der Waals surface area contributed by atoms with Gasteiger partial charge in [-0.3, -0.25) is 0 Å². The summed E-state index contributed by atoms with van der Waals surface area (Å²) in [6, 6.07) is 0.442. The average molecular weight is 268 g/mol. The number of hydrogen-bond acceptors (Lipinski definition) is 6. The van der Waals surface area contributed by atoms with Gasteiger partial charge in [-0.15, -0.1) is 0 Å². The third kappa shape index (κ3) is 2.80. The van der Waals surface area contributed by atoms with Crippen molar-refractivity contribution in [3.05, 3.63) is 6.33 Å². The second-order valence-corrected chi connectivity index (χ2v) is 5.84. The summed E-state index contributed by atoms with van der Waals surface area (Å²) in [6.07, 6.45) is 5.17. The van der Waals surface area contributed by atoms with Crippen molar-refractivity contribution >= 4 is 23.3 Å². The highest BCUT2D eigenvalue weighted by atomic mass is 32.2. The number of rotatable bonds is 5.